The summed E-state index contributed by atoms with van der Waals surface area (Å²) >= 11 is 0. The molecule has 1 aromatic heterocycles. The fourth-order valence-corrected chi connectivity index (χ4v) is 2.34. The highest BCUT2D eigenvalue weighted by Gasteiger charge is 2.18. The first-order chi connectivity index (χ1) is 8.98. The molecule has 0 aliphatic carbocycles. The highest BCUT2D eigenvalue weighted by Crippen LogP contribution is 2.28. The van der Waals surface area contributed by atoms with Crippen molar-refractivity contribution in [1.82, 2.24) is 10.3 Å². The molecule has 0 aliphatic rings. The van der Waals surface area contributed by atoms with E-state index in [2.05, 4.69) is 51.0 Å². The second kappa shape index (κ2) is 7.64. The number of rotatable bonds is 7. The summed E-state index contributed by atoms with van der Waals surface area (Å²) in [4.78, 5) is 4.26. The molecule has 19 heavy (non-hydrogen) atoms. The number of hydrogen-bond acceptors (Lipinski definition) is 2. The molecular formula is C17H30N2. The van der Waals surface area contributed by atoms with E-state index in [9.17, 15) is 0 Å². The van der Waals surface area contributed by atoms with Crippen molar-refractivity contribution in [3.63, 3.8) is 0 Å². The summed E-state index contributed by atoms with van der Waals surface area (Å²) < 4.78 is 0. The molecule has 1 atom stereocenters. The van der Waals surface area contributed by atoms with Crippen molar-refractivity contribution >= 4 is 0 Å². The van der Waals surface area contributed by atoms with Crippen molar-refractivity contribution in [2.75, 3.05) is 6.54 Å². The van der Waals surface area contributed by atoms with Crippen LogP contribution in [0.25, 0.3) is 0 Å². The largest absolute Gasteiger partial charge is 0.310 e. The summed E-state index contributed by atoms with van der Waals surface area (Å²) in [6, 6.07) is 2.66. The fourth-order valence-electron chi connectivity index (χ4n) is 2.34. The van der Waals surface area contributed by atoms with Crippen molar-refractivity contribution in [3.8, 4) is 0 Å². The third-order valence-corrected chi connectivity index (χ3v) is 3.52. The van der Waals surface area contributed by atoms with Gasteiger partial charge in [-0.2, -0.15) is 0 Å². The minimum Gasteiger partial charge on any atom is -0.310 e. The Morgan fingerprint density at radius 1 is 1.26 bits per heavy atom. The van der Waals surface area contributed by atoms with Gasteiger partial charge in [0.2, 0.25) is 0 Å². The Hall–Kier alpha value is -0.890. The summed E-state index contributed by atoms with van der Waals surface area (Å²) in [5.74, 6) is 0. The van der Waals surface area contributed by atoms with Gasteiger partial charge >= 0.3 is 0 Å². The van der Waals surface area contributed by atoms with Crippen molar-refractivity contribution < 1.29 is 0 Å². The Morgan fingerprint density at radius 3 is 2.58 bits per heavy atom. The second-order valence-electron chi connectivity index (χ2n) is 6.53. The normalized spacial score (nSPS) is 13.5. The van der Waals surface area contributed by atoms with Gasteiger partial charge in [-0.3, -0.25) is 4.98 Å². The summed E-state index contributed by atoms with van der Waals surface area (Å²) in [6.45, 7) is 12.5. The predicted octanol–water partition coefficient (Wildman–Crippen LogP) is 4.51. The Morgan fingerprint density at radius 2 is 2.00 bits per heavy atom. The van der Waals surface area contributed by atoms with Crippen LogP contribution in [-0.4, -0.2) is 11.5 Å². The first-order valence-electron chi connectivity index (χ1n) is 7.64. The molecule has 0 bridgehead atoms. The van der Waals surface area contributed by atoms with Crippen LogP contribution >= 0.6 is 0 Å². The van der Waals surface area contributed by atoms with E-state index in [-0.39, 0.29) is 0 Å². The van der Waals surface area contributed by atoms with E-state index in [0.29, 0.717) is 11.5 Å². The maximum absolute atomic E-state index is 4.26. The van der Waals surface area contributed by atoms with E-state index in [4.69, 9.17) is 0 Å². The molecule has 108 valence electrons. The molecule has 0 fully saturated rings. The van der Waals surface area contributed by atoms with E-state index in [0.717, 1.165) is 13.0 Å². The van der Waals surface area contributed by atoms with Crippen molar-refractivity contribution in [2.45, 2.75) is 66.3 Å². The van der Waals surface area contributed by atoms with Crippen molar-refractivity contribution in [1.29, 1.82) is 0 Å². The highest BCUT2D eigenvalue weighted by molar-refractivity contribution is 5.26. The monoisotopic (exact) mass is 262 g/mol. The molecule has 0 amide bonds. The zero-order valence-corrected chi connectivity index (χ0v) is 13.3. The lowest BCUT2D eigenvalue weighted by Crippen LogP contribution is -2.24. The van der Waals surface area contributed by atoms with Gasteiger partial charge in [-0.15, -0.1) is 0 Å². The third-order valence-electron chi connectivity index (χ3n) is 3.52. The summed E-state index contributed by atoms with van der Waals surface area (Å²) in [6.07, 6.45) is 8.61. The van der Waals surface area contributed by atoms with Gasteiger partial charge in [0.15, 0.2) is 0 Å². The first-order valence-corrected chi connectivity index (χ1v) is 7.64. The number of pyridine rings is 1. The molecule has 0 saturated heterocycles. The summed E-state index contributed by atoms with van der Waals surface area (Å²) in [5, 5.41) is 3.71. The minimum atomic E-state index is 0.394. The Balaban J connectivity index is 2.82. The van der Waals surface area contributed by atoms with Crippen LogP contribution in [0.2, 0.25) is 0 Å². The van der Waals surface area contributed by atoms with Crippen LogP contribution in [0.1, 0.15) is 71.0 Å². The van der Waals surface area contributed by atoms with Crippen LogP contribution in [0.3, 0.4) is 0 Å². The number of hydrogen-bond donors (Lipinski definition) is 1. The average Bonchev–Trinajstić information content (AvgIpc) is 2.38. The zero-order chi connectivity index (χ0) is 14.3. The molecule has 1 unspecified atom stereocenters. The maximum Gasteiger partial charge on any atom is 0.0324 e. The molecule has 2 heteroatoms. The fraction of sp³-hybridized carbons (Fsp3) is 0.706. The molecule has 1 rings (SSSR count). The van der Waals surface area contributed by atoms with Gasteiger partial charge < -0.3 is 5.32 Å². The molecule has 1 aromatic rings. The van der Waals surface area contributed by atoms with Gasteiger partial charge in [-0.05, 0) is 54.8 Å². The van der Waals surface area contributed by atoms with Gasteiger partial charge in [0.05, 0.1) is 0 Å². The first kappa shape index (κ1) is 16.2. The summed E-state index contributed by atoms with van der Waals surface area (Å²) in [7, 11) is 0. The average molecular weight is 262 g/mol. The Labute approximate surface area is 119 Å². The lowest BCUT2D eigenvalue weighted by Gasteiger charge is -2.25. The molecule has 1 heterocycles. The molecule has 0 aromatic carbocycles. The number of nitrogens with one attached hydrogen (secondary N) is 1. The third kappa shape index (κ3) is 5.73. The maximum atomic E-state index is 4.26. The zero-order valence-electron chi connectivity index (χ0n) is 13.3. The van der Waals surface area contributed by atoms with Crippen LogP contribution in [-0.2, 0) is 6.42 Å². The van der Waals surface area contributed by atoms with Gasteiger partial charge in [0.1, 0.15) is 0 Å². The van der Waals surface area contributed by atoms with Crippen LogP contribution in [0.5, 0.6) is 0 Å². The molecule has 0 saturated carbocycles. The number of nitrogens with zero attached hydrogens (tertiary/aromatic N) is 1. The van der Waals surface area contributed by atoms with Crippen molar-refractivity contribution in [3.05, 3.63) is 29.6 Å². The van der Waals surface area contributed by atoms with E-state index in [1.54, 1.807) is 0 Å². The number of aromatic nitrogens is 1. The standard InChI is InChI=1S/C17H30N2/c1-6-11-19-16(8-10-17(3,4)5)15-9-12-18-13-14(15)7-2/h9,12-13,16,19H,6-8,10-11H2,1-5H3. The van der Waals surface area contributed by atoms with Gasteiger partial charge in [0.25, 0.3) is 0 Å². The van der Waals surface area contributed by atoms with Crippen LogP contribution in [0, 0.1) is 5.41 Å². The predicted molar refractivity (Wildman–Crippen MR) is 83.3 cm³/mol. The summed E-state index contributed by atoms with van der Waals surface area (Å²) in [5.41, 5.74) is 3.21. The van der Waals surface area contributed by atoms with Crippen LogP contribution < -0.4 is 5.32 Å². The molecule has 1 N–H and O–H groups in total. The molecule has 0 aliphatic heterocycles. The van der Waals surface area contributed by atoms with Gasteiger partial charge in [-0.1, -0.05) is 34.6 Å². The second-order valence-corrected chi connectivity index (χ2v) is 6.53. The quantitative estimate of drug-likeness (QED) is 0.782. The number of aryl methyl sites for hydroxylation is 1. The van der Waals surface area contributed by atoms with E-state index in [1.807, 2.05) is 12.4 Å². The molecule has 0 radical (unpaired) electrons. The van der Waals surface area contributed by atoms with E-state index >= 15 is 0 Å². The lowest BCUT2D eigenvalue weighted by atomic mass is 9.86. The van der Waals surface area contributed by atoms with Crippen LogP contribution in [0.4, 0.5) is 0 Å². The van der Waals surface area contributed by atoms with Crippen molar-refractivity contribution in [2.24, 2.45) is 5.41 Å². The lowest BCUT2D eigenvalue weighted by molar-refractivity contribution is 0.331. The highest BCUT2D eigenvalue weighted by atomic mass is 14.9. The van der Waals surface area contributed by atoms with E-state index < -0.39 is 0 Å². The van der Waals surface area contributed by atoms with E-state index in [1.165, 1.54) is 30.4 Å². The van der Waals surface area contributed by atoms with Crippen LogP contribution in [0.15, 0.2) is 18.5 Å². The minimum absolute atomic E-state index is 0.394. The topological polar surface area (TPSA) is 24.9 Å². The SMILES string of the molecule is CCCNC(CCC(C)(C)C)c1ccncc1CC. The molecule has 2 nitrogen and oxygen atoms in total. The van der Waals surface area contributed by atoms with Gasteiger partial charge in [-0.25, -0.2) is 0 Å². The molecular weight excluding hydrogens is 232 g/mol. The Bertz CT molecular complexity index is 366. The smallest absolute Gasteiger partial charge is 0.0324 e. The molecule has 0 spiro atoms. The Kier molecular flexibility index (Phi) is 6.50. The van der Waals surface area contributed by atoms with Gasteiger partial charge in [0, 0.05) is 18.4 Å².